The van der Waals surface area contributed by atoms with E-state index in [-0.39, 0.29) is 30.9 Å². The highest BCUT2D eigenvalue weighted by Crippen LogP contribution is 2.08. The van der Waals surface area contributed by atoms with Crippen LogP contribution >= 0.6 is 0 Å². The second-order valence-electron chi connectivity index (χ2n) is 6.24. The molecule has 0 aliphatic carbocycles. The molecule has 130 valence electrons. The number of urea groups is 1. The summed E-state index contributed by atoms with van der Waals surface area (Å²) in [5, 5.41) is 2.83. The predicted molar refractivity (Wildman–Crippen MR) is 85.9 cm³/mol. The summed E-state index contributed by atoms with van der Waals surface area (Å²) in [7, 11) is 1.55. The average Bonchev–Trinajstić information content (AvgIpc) is 2.79. The molecular formula is C15H27N5O3. The van der Waals surface area contributed by atoms with Crippen LogP contribution in [0.2, 0.25) is 0 Å². The smallest absolute Gasteiger partial charge is 0.327 e. The van der Waals surface area contributed by atoms with Gasteiger partial charge in [0.05, 0.1) is 0 Å². The number of imide groups is 1. The lowest BCUT2D eigenvalue weighted by Gasteiger charge is -2.37. The summed E-state index contributed by atoms with van der Waals surface area (Å²) >= 11 is 0. The fourth-order valence-corrected chi connectivity index (χ4v) is 2.93. The highest BCUT2D eigenvalue weighted by atomic mass is 16.2. The van der Waals surface area contributed by atoms with Crippen molar-refractivity contribution in [2.45, 2.75) is 19.9 Å². The van der Waals surface area contributed by atoms with Crippen LogP contribution in [-0.4, -0.2) is 103 Å². The molecule has 2 fully saturated rings. The third kappa shape index (κ3) is 4.42. The largest absolute Gasteiger partial charge is 0.353 e. The molecule has 8 heteroatoms. The van der Waals surface area contributed by atoms with E-state index in [0.717, 1.165) is 37.6 Å². The predicted octanol–water partition coefficient (Wildman–Crippen LogP) is -0.977. The summed E-state index contributed by atoms with van der Waals surface area (Å²) in [6, 6.07) is -0.167. The Morgan fingerprint density at radius 3 is 2.39 bits per heavy atom. The molecule has 0 aromatic rings. The summed E-state index contributed by atoms with van der Waals surface area (Å²) in [4.78, 5) is 42.4. The quantitative estimate of drug-likeness (QED) is 0.636. The van der Waals surface area contributed by atoms with Crippen molar-refractivity contribution in [1.29, 1.82) is 0 Å². The van der Waals surface area contributed by atoms with E-state index in [2.05, 4.69) is 29.0 Å². The van der Waals surface area contributed by atoms with E-state index in [4.69, 9.17) is 0 Å². The first-order valence-corrected chi connectivity index (χ1v) is 8.21. The number of likely N-dealkylation sites (N-methyl/N-ethyl adjacent to an activating group) is 2. The minimum absolute atomic E-state index is 0.0459. The average molecular weight is 325 g/mol. The first kappa shape index (κ1) is 17.7. The normalized spacial score (nSPS) is 21.9. The molecule has 2 saturated heterocycles. The molecule has 0 aromatic heterocycles. The standard InChI is InChI=1S/C15H27N5O3/c1-4-18-5-7-19(8-6-18)12(2)9-16-13(21)10-20-14(22)11-17(3)15(20)23/h12H,4-11H2,1-3H3,(H,16,21). The minimum atomic E-state index is -0.408. The first-order chi connectivity index (χ1) is 10.9. The molecule has 0 spiro atoms. The van der Waals surface area contributed by atoms with Gasteiger partial charge in [-0.15, -0.1) is 0 Å². The third-order valence-corrected chi connectivity index (χ3v) is 4.60. The van der Waals surface area contributed by atoms with Crippen LogP contribution in [0, 0.1) is 0 Å². The second kappa shape index (κ2) is 7.74. The Kier molecular flexibility index (Phi) is 5.95. The van der Waals surface area contributed by atoms with Gasteiger partial charge in [-0.25, -0.2) is 4.79 Å². The van der Waals surface area contributed by atoms with Gasteiger partial charge in [0.15, 0.2) is 0 Å². The van der Waals surface area contributed by atoms with Crippen LogP contribution in [0.5, 0.6) is 0 Å². The van der Waals surface area contributed by atoms with E-state index >= 15 is 0 Å². The van der Waals surface area contributed by atoms with Crippen molar-refractivity contribution in [2.75, 3.05) is 59.4 Å². The highest BCUT2D eigenvalue weighted by Gasteiger charge is 2.34. The molecule has 0 bridgehead atoms. The van der Waals surface area contributed by atoms with Crippen LogP contribution < -0.4 is 5.32 Å². The molecule has 1 N–H and O–H groups in total. The second-order valence-corrected chi connectivity index (χ2v) is 6.24. The van der Waals surface area contributed by atoms with Crippen molar-refractivity contribution in [2.24, 2.45) is 0 Å². The zero-order chi connectivity index (χ0) is 17.0. The number of nitrogens with zero attached hydrogens (tertiary/aromatic N) is 4. The van der Waals surface area contributed by atoms with Gasteiger partial charge < -0.3 is 15.1 Å². The van der Waals surface area contributed by atoms with Crippen LogP contribution in [0.3, 0.4) is 0 Å². The lowest BCUT2D eigenvalue weighted by molar-refractivity contribution is -0.130. The third-order valence-electron chi connectivity index (χ3n) is 4.60. The number of amides is 4. The maximum absolute atomic E-state index is 12.0. The lowest BCUT2D eigenvalue weighted by Crippen LogP contribution is -2.52. The zero-order valence-corrected chi connectivity index (χ0v) is 14.2. The van der Waals surface area contributed by atoms with Crippen molar-refractivity contribution >= 4 is 17.8 Å². The molecule has 2 rings (SSSR count). The van der Waals surface area contributed by atoms with Gasteiger partial charge in [0, 0.05) is 45.8 Å². The van der Waals surface area contributed by atoms with Crippen molar-refractivity contribution in [3.8, 4) is 0 Å². The summed E-state index contributed by atoms with van der Waals surface area (Å²) in [5.41, 5.74) is 0. The fraction of sp³-hybridized carbons (Fsp3) is 0.800. The molecule has 0 aromatic carbocycles. The van der Waals surface area contributed by atoms with Crippen LogP contribution in [0.15, 0.2) is 0 Å². The number of piperazine rings is 1. The molecule has 1 unspecified atom stereocenters. The molecule has 0 radical (unpaired) electrons. The maximum Gasteiger partial charge on any atom is 0.327 e. The van der Waals surface area contributed by atoms with Crippen LogP contribution in [-0.2, 0) is 9.59 Å². The zero-order valence-electron chi connectivity index (χ0n) is 14.2. The maximum atomic E-state index is 12.0. The van der Waals surface area contributed by atoms with E-state index in [1.165, 1.54) is 4.90 Å². The SMILES string of the molecule is CCN1CCN(C(C)CNC(=O)CN2C(=O)CN(C)C2=O)CC1. The summed E-state index contributed by atoms with van der Waals surface area (Å²) in [6.45, 7) is 9.80. The molecule has 2 aliphatic rings. The lowest BCUT2D eigenvalue weighted by atomic mass is 10.2. The van der Waals surface area contributed by atoms with Gasteiger partial charge in [-0.1, -0.05) is 6.92 Å². The molecule has 4 amide bonds. The van der Waals surface area contributed by atoms with Crippen molar-refractivity contribution in [3.05, 3.63) is 0 Å². The van der Waals surface area contributed by atoms with Gasteiger partial charge in [-0.3, -0.25) is 19.4 Å². The van der Waals surface area contributed by atoms with Crippen LogP contribution in [0.25, 0.3) is 0 Å². The van der Waals surface area contributed by atoms with Gasteiger partial charge in [0.25, 0.3) is 5.91 Å². The molecule has 0 saturated carbocycles. The van der Waals surface area contributed by atoms with Gasteiger partial charge >= 0.3 is 6.03 Å². The van der Waals surface area contributed by atoms with E-state index in [1.54, 1.807) is 7.05 Å². The van der Waals surface area contributed by atoms with Gasteiger partial charge in [-0.2, -0.15) is 0 Å². The Morgan fingerprint density at radius 1 is 1.22 bits per heavy atom. The number of carbonyl (C=O) groups is 3. The number of hydrogen-bond acceptors (Lipinski definition) is 5. The van der Waals surface area contributed by atoms with Crippen molar-refractivity contribution in [3.63, 3.8) is 0 Å². The minimum Gasteiger partial charge on any atom is -0.353 e. The molecular weight excluding hydrogens is 298 g/mol. The number of carbonyl (C=O) groups excluding carboxylic acids is 3. The van der Waals surface area contributed by atoms with Crippen LogP contribution in [0.4, 0.5) is 4.79 Å². The number of nitrogens with one attached hydrogen (secondary N) is 1. The summed E-state index contributed by atoms with van der Waals surface area (Å²) in [5.74, 6) is -0.613. The summed E-state index contributed by atoms with van der Waals surface area (Å²) < 4.78 is 0. The monoisotopic (exact) mass is 325 g/mol. The van der Waals surface area contributed by atoms with Crippen LogP contribution in [0.1, 0.15) is 13.8 Å². The molecule has 2 aliphatic heterocycles. The highest BCUT2D eigenvalue weighted by molar-refractivity contribution is 6.04. The Morgan fingerprint density at radius 2 is 1.87 bits per heavy atom. The molecule has 1 atom stereocenters. The molecule has 8 nitrogen and oxygen atoms in total. The van der Waals surface area contributed by atoms with Gasteiger partial charge in [0.2, 0.25) is 5.91 Å². The van der Waals surface area contributed by atoms with Crippen molar-refractivity contribution < 1.29 is 14.4 Å². The number of rotatable bonds is 6. The topological polar surface area (TPSA) is 76.2 Å². The fourth-order valence-electron chi connectivity index (χ4n) is 2.93. The number of hydrogen-bond donors (Lipinski definition) is 1. The molecule has 2 heterocycles. The first-order valence-electron chi connectivity index (χ1n) is 8.21. The van der Waals surface area contributed by atoms with E-state index in [0.29, 0.717) is 6.54 Å². The Labute approximate surface area is 137 Å². The van der Waals surface area contributed by atoms with E-state index in [1.807, 2.05) is 0 Å². The van der Waals surface area contributed by atoms with Crippen molar-refractivity contribution in [1.82, 2.24) is 24.9 Å². The van der Waals surface area contributed by atoms with E-state index in [9.17, 15) is 14.4 Å². The Hall–Kier alpha value is -1.67. The van der Waals surface area contributed by atoms with Gasteiger partial charge in [0.1, 0.15) is 13.1 Å². The van der Waals surface area contributed by atoms with E-state index < -0.39 is 6.03 Å². The Bertz CT molecular complexity index is 462. The Balaban J connectivity index is 1.72. The summed E-state index contributed by atoms with van der Waals surface area (Å²) in [6.07, 6.45) is 0. The molecule has 23 heavy (non-hydrogen) atoms. The van der Waals surface area contributed by atoms with Gasteiger partial charge in [-0.05, 0) is 13.5 Å².